The Morgan fingerprint density at radius 1 is 1.16 bits per heavy atom. The average molecular weight is 435 g/mol. The van der Waals surface area contributed by atoms with E-state index in [1.54, 1.807) is 22.4 Å². The number of hydrogen-bond acceptors (Lipinski definition) is 5. The van der Waals surface area contributed by atoms with Crippen LogP contribution in [0.15, 0.2) is 60.4 Å². The molecule has 0 saturated carbocycles. The van der Waals surface area contributed by atoms with Gasteiger partial charge in [-0.05, 0) is 35.4 Å². The van der Waals surface area contributed by atoms with Crippen molar-refractivity contribution in [3.8, 4) is 10.4 Å². The van der Waals surface area contributed by atoms with E-state index in [1.165, 1.54) is 22.8 Å². The Bertz CT molecular complexity index is 1010. The van der Waals surface area contributed by atoms with Crippen molar-refractivity contribution < 1.29 is 9.59 Å². The Kier molecular flexibility index (Phi) is 6.72. The number of aromatic nitrogens is 2. The number of nitrogens with zero attached hydrogens (tertiary/aromatic N) is 4. The summed E-state index contributed by atoms with van der Waals surface area (Å²) in [5.41, 5.74) is 2.60. The molecule has 0 bridgehead atoms. The minimum atomic E-state index is -0.276. The summed E-state index contributed by atoms with van der Waals surface area (Å²) in [4.78, 5) is 39.3. The van der Waals surface area contributed by atoms with Gasteiger partial charge in [-0.15, -0.1) is 11.3 Å². The van der Waals surface area contributed by atoms with Gasteiger partial charge < -0.3 is 9.80 Å². The molecule has 1 saturated heterocycles. The highest BCUT2D eigenvalue weighted by atomic mass is 32.1. The number of hydrogen-bond donors (Lipinski definition) is 0. The van der Waals surface area contributed by atoms with Crippen molar-refractivity contribution in [2.75, 3.05) is 26.2 Å². The second-order valence-electron chi connectivity index (χ2n) is 7.74. The van der Waals surface area contributed by atoms with Gasteiger partial charge in [0, 0.05) is 43.4 Å². The van der Waals surface area contributed by atoms with E-state index in [9.17, 15) is 9.59 Å². The van der Waals surface area contributed by atoms with Crippen LogP contribution in [0.25, 0.3) is 10.4 Å². The van der Waals surface area contributed by atoms with Crippen molar-refractivity contribution in [3.63, 3.8) is 0 Å². The van der Waals surface area contributed by atoms with Crippen LogP contribution in [0.4, 0.5) is 0 Å². The highest BCUT2D eigenvalue weighted by molar-refractivity contribution is 7.13. The SMILES string of the molecule is CCCN1CCN(C(=O)c2cnccn2)CC(Cc2ccc(-c3cccs3)cc2)C1=O. The fourth-order valence-corrected chi connectivity index (χ4v) is 4.71. The van der Waals surface area contributed by atoms with Crippen LogP contribution >= 0.6 is 11.3 Å². The van der Waals surface area contributed by atoms with E-state index in [2.05, 4.69) is 52.6 Å². The summed E-state index contributed by atoms with van der Waals surface area (Å²) in [6, 6.07) is 12.5. The van der Waals surface area contributed by atoms with E-state index in [-0.39, 0.29) is 17.7 Å². The van der Waals surface area contributed by atoms with Gasteiger partial charge in [-0.3, -0.25) is 14.6 Å². The Morgan fingerprint density at radius 2 is 2.00 bits per heavy atom. The fourth-order valence-electron chi connectivity index (χ4n) is 3.98. The third-order valence-corrected chi connectivity index (χ3v) is 6.47. The maximum Gasteiger partial charge on any atom is 0.274 e. The van der Waals surface area contributed by atoms with Gasteiger partial charge in [0.25, 0.3) is 5.91 Å². The monoisotopic (exact) mass is 434 g/mol. The molecule has 3 aromatic rings. The lowest BCUT2D eigenvalue weighted by atomic mass is 9.96. The number of carbonyl (C=O) groups excluding carboxylic acids is 2. The van der Waals surface area contributed by atoms with Crippen LogP contribution in [0.3, 0.4) is 0 Å². The first kappa shape index (κ1) is 21.2. The summed E-state index contributed by atoms with van der Waals surface area (Å²) in [5, 5.41) is 2.07. The summed E-state index contributed by atoms with van der Waals surface area (Å²) in [6.45, 7) is 4.22. The third kappa shape index (κ3) is 4.99. The lowest BCUT2D eigenvalue weighted by molar-refractivity contribution is -0.134. The molecular formula is C24H26N4O2S. The fraction of sp³-hybridized carbons (Fsp3) is 0.333. The molecular weight excluding hydrogens is 408 g/mol. The molecule has 1 aromatic carbocycles. The van der Waals surface area contributed by atoms with Gasteiger partial charge in [-0.2, -0.15) is 0 Å². The van der Waals surface area contributed by atoms with E-state index in [0.717, 1.165) is 12.0 Å². The first-order chi connectivity index (χ1) is 15.2. The van der Waals surface area contributed by atoms with Gasteiger partial charge in [0.15, 0.2) is 0 Å². The Morgan fingerprint density at radius 3 is 2.68 bits per heavy atom. The maximum atomic E-state index is 13.3. The normalized spacial score (nSPS) is 16.9. The summed E-state index contributed by atoms with van der Waals surface area (Å²) in [7, 11) is 0. The van der Waals surface area contributed by atoms with Gasteiger partial charge in [-0.25, -0.2) is 4.98 Å². The number of carbonyl (C=O) groups is 2. The second kappa shape index (κ2) is 9.83. The molecule has 1 fully saturated rings. The summed E-state index contributed by atoms with van der Waals surface area (Å²) < 4.78 is 0. The lowest BCUT2D eigenvalue weighted by Crippen LogP contribution is -2.38. The first-order valence-electron chi connectivity index (χ1n) is 10.6. The van der Waals surface area contributed by atoms with Crippen LogP contribution < -0.4 is 0 Å². The van der Waals surface area contributed by atoms with Crippen molar-refractivity contribution in [2.45, 2.75) is 19.8 Å². The van der Waals surface area contributed by atoms with Crippen LogP contribution in [0.5, 0.6) is 0 Å². The smallest absolute Gasteiger partial charge is 0.274 e. The van der Waals surface area contributed by atoms with Crippen molar-refractivity contribution in [2.24, 2.45) is 5.92 Å². The number of thiophene rings is 1. The summed E-state index contributed by atoms with van der Waals surface area (Å²) >= 11 is 1.71. The first-order valence-corrected chi connectivity index (χ1v) is 11.5. The van der Waals surface area contributed by atoms with Crippen LogP contribution in [0.2, 0.25) is 0 Å². The lowest BCUT2D eigenvalue weighted by Gasteiger charge is -2.23. The molecule has 1 aliphatic rings. The molecule has 0 spiro atoms. The average Bonchev–Trinajstić information content (AvgIpc) is 3.30. The van der Waals surface area contributed by atoms with Crippen LogP contribution in [0.1, 0.15) is 29.4 Å². The van der Waals surface area contributed by atoms with Gasteiger partial charge >= 0.3 is 0 Å². The molecule has 1 aliphatic heterocycles. The van der Waals surface area contributed by atoms with E-state index in [0.29, 0.717) is 38.3 Å². The molecule has 3 heterocycles. The molecule has 2 amide bonds. The zero-order valence-corrected chi connectivity index (χ0v) is 18.4. The maximum absolute atomic E-state index is 13.3. The summed E-state index contributed by atoms with van der Waals surface area (Å²) in [6.07, 6.45) is 6.05. The number of rotatable bonds is 6. The zero-order chi connectivity index (χ0) is 21.6. The molecule has 2 aromatic heterocycles. The van der Waals surface area contributed by atoms with E-state index in [4.69, 9.17) is 0 Å². The number of benzene rings is 1. The van der Waals surface area contributed by atoms with Crippen LogP contribution in [-0.4, -0.2) is 57.8 Å². The van der Waals surface area contributed by atoms with E-state index >= 15 is 0 Å². The zero-order valence-electron chi connectivity index (χ0n) is 17.6. The molecule has 31 heavy (non-hydrogen) atoms. The topological polar surface area (TPSA) is 66.4 Å². The molecule has 1 unspecified atom stereocenters. The second-order valence-corrected chi connectivity index (χ2v) is 8.69. The Hall–Kier alpha value is -3.06. The van der Waals surface area contributed by atoms with E-state index < -0.39 is 0 Å². The molecule has 6 nitrogen and oxygen atoms in total. The molecule has 1 atom stereocenters. The van der Waals surface area contributed by atoms with E-state index in [1.807, 2.05) is 11.0 Å². The van der Waals surface area contributed by atoms with Crippen molar-refractivity contribution >= 4 is 23.2 Å². The highest BCUT2D eigenvalue weighted by Gasteiger charge is 2.32. The standard InChI is InChI=1S/C24H26N4O2S/c1-2-11-27-12-13-28(24(30)21-16-25-9-10-26-21)17-20(23(27)29)15-18-5-7-19(8-6-18)22-4-3-14-31-22/h3-10,14,16,20H,2,11-13,15,17H2,1H3. The highest BCUT2D eigenvalue weighted by Crippen LogP contribution is 2.26. The van der Waals surface area contributed by atoms with Crippen LogP contribution in [-0.2, 0) is 11.2 Å². The van der Waals surface area contributed by atoms with Gasteiger partial charge in [0.2, 0.25) is 5.91 Å². The van der Waals surface area contributed by atoms with Crippen molar-refractivity contribution in [1.82, 2.24) is 19.8 Å². The molecule has 0 N–H and O–H groups in total. The molecule has 7 heteroatoms. The summed E-state index contributed by atoms with van der Waals surface area (Å²) in [5.74, 6) is -0.321. The number of amides is 2. The van der Waals surface area contributed by atoms with Crippen molar-refractivity contribution in [1.29, 1.82) is 0 Å². The van der Waals surface area contributed by atoms with Gasteiger partial charge in [0.1, 0.15) is 5.69 Å². The quantitative estimate of drug-likeness (QED) is 0.593. The molecule has 0 aliphatic carbocycles. The Labute approximate surface area is 186 Å². The minimum Gasteiger partial charge on any atom is -0.341 e. The molecule has 4 rings (SSSR count). The van der Waals surface area contributed by atoms with Gasteiger partial charge in [-0.1, -0.05) is 37.3 Å². The minimum absolute atomic E-state index is 0.124. The predicted molar refractivity (Wildman–Crippen MR) is 122 cm³/mol. The van der Waals surface area contributed by atoms with Crippen LogP contribution in [0, 0.1) is 5.92 Å². The van der Waals surface area contributed by atoms with Gasteiger partial charge in [0.05, 0.1) is 12.1 Å². The predicted octanol–water partition coefficient (Wildman–Crippen LogP) is 3.76. The largest absolute Gasteiger partial charge is 0.341 e. The van der Waals surface area contributed by atoms with Crippen molar-refractivity contribution in [3.05, 3.63) is 71.6 Å². The molecule has 0 radical (unpaired) electrons. The third-order valence-electron chi connectivity index (χ3n) is 5.55. The Balaban J connectivity index is 1.53. The molecule has 160 valence electrons.